The van der Waals surface area contributed by atoms with Crippen LogP contribution >= 0.6 is 15.9 Å². The molecule has 0 spiro atoms. The molecule has 2 atom stereocenters. The fourth-order valence-corrected chi connectivity index (χ4v) is 3.98. The predicted octanol–water partition coefficient (Wildman–Crippen LogP) is 1.68. The zero-order valence-corrected chi connectivity index (χ0v) is 13.6. The number of hydrogen-bond acceptors (Lipinski definition) is 4. The predicted molar refractivity (Wildman–Crippen MR) is 80.2 cm³/mol. The molecule has 0 fully saturated rings. The Labute approximate surface area is 126 Å². The minimum atomic E-state index is -3.17. The molecule has 1 amide bonds. The van der Waals surface area contributed by atoms with Crippen molar-refractivity contribution in [3.8, 4) is 5.75 Å². The normalized spacial score (nSPS) is 18.2. The highest BCUT2D eigenvalue weighted by atomic mass is 79.9. The Kier molecular flexibility index (Phi) is 4.39. The van der Waals surface area contributed by atoms with E-state index in [0.717, 1.165) is 5.56 Å². The number of nitrogens with one attached hydrogen (secondary N) is 1. The van der Waals surface area contributed by atoms with Crippen LogP contribution in [-0.2, 0) is 9.84 Å². The standard InChI is InChI=1S/C13H16BrNO4S/c1-8(20(2,17)18)12(14)9-3-4-11-10(7-9)13(16)15-5-6-19-11/h3-4,7-8,12H,5-6H2,1-2H3,(H,15,16). The molecule has 1 aromatic rings. The van der Waals surface area contributed by atoms with Crippen molar-refractivity contribution in [1.82, 2.24) is 5.32 Å². The van der Waals surface area contributed by atoms with Crippen LogP contribution in [0.4, 0.5) is 0 Å². The Hall–Kier alpha value is -1.08. The number of hydrogen-bond donors (Lipinski definition) is 1. The molecule has 1 N–H and O–H groups in total. The van der Waals surface area contributed by atoms with E-state index in [1.165, 1.54) is 6.26 Å². The van der Waals surface area contributed by atoms with E-state index in [-0.39, 0.29) is 10.7 Å². The number of ether oxygens (including phenoxy) is 1. The van der Waals surface area contributed by atoms with Crippen molar-refractivity contribution in [2.45, 2.75) is 17.0 Å². The monoisotopic (exact) mass is 361 g/mol. The first-order valence-corrected chi connectivity index (χ1v) is 9.05. The maximum atomic E-state index is 11.9. The van der Waals surface area contributed by atoms with Gasteiger partial charge in [0.15, 0.2) is 9.84 Å². The molecule has 1 heterocycles. The van der Waals surface area contributed by atoms with Crippen LogP contribution < -0.4 is 10.1 Å². The minimum absolute atomic E-state index is 0.203. The molecular weight excluding hydrogens is 346 g/mol. The van der Waals surface area contributed by atoms with Crippen molar-refractivity contribution < 1.29 is 17.9 Å². The molecule has 5 nitrogen and oxygen atoms in total. The number of carbonyl (C=O) groups excluding carboxylic acids is 1. The van der Waals surface area contributed by atoms with Gasteiger partial charge in [-0.25, -0.2) is 8.42 Å². The highest BCUT2D eigenvalue weighted by molar-refractivity contribution is 9.09. The van der Waals surface area contributed by atoms with Crippen LogP contribution in [0.2, 0.25) is 0 Å². The molecule has 2 rings (SSSR count). The second-order valence-electron chi connectivity index (χ2n) is 4.80. The molecule has 0 aromatic heterocycles. The Morgan fingerprint density at radius 1 is 1.40 bits per heavy atom. The smallest absolute Gasteiger partial charge is 0.255 e. The number of benzene rings is 1. The SMILES string of the molecule is CC(C(Br)c1ccc2c(c1)C(=O)NCCO2)S(C)(=O)=O. The fourth-order valence-electron chi connectivity index (χ4n) is 1.93. The van der Waals surface area contributed by atoms with E-state index >= 15 is 0 Å². The lowest BCUT2D eigenvalue weighted by Crippen LogP contribution is -2.25. The Morgan fingerprint density at radius 3 is 2.75 bits per heavy atom. The van der Waals surface area contributed by atoms with Crippen molar-refractivity contribution in [2.75, 3.05) is 19.4 Å². The number of carbonyl (C=O) groups is 1. The van der Waals surface area contributed by atoms with Crippen molar-refractivity contribution in [3.05, 3.63) is 29.3 Å². The zero-order valence-electron chi connectivity index (χ0n) is 11.2. The van der Waals surface area contributed by atoms with Gasteiger partial charge in [0.2, 0.25) is 0 Å². The van der Waals surface area contributed by atoms with E-state index < -0.39 is 15.1 Å². The molecule has 7 heteroatoms. The van der Waals surface area contributed by atoms with Gasteiger partial charge in [0.1, 0.15) is 12.4 Å². The maximum absolute atomic E-state index is 11.9. The first-order chi connectivity index (χ1) is 9.30. The average molecular weight is 362 g/mol. The quantitative estimate of drug-likeness (QED) is 0.831. The Morgan fingerprint density at radius 2 is 2.10 bits per heavy atom. The lowest BCUT2D eigenvalue weighted by atomic mass is 10.1. The third-order valence-electron chi connectivity index (χ3n) is 3.30. The third-order valence-corrected chi connectivity index (χ3v) is 6.59. The molecular formula is C13H16BrNO4S. The maximum Gasteiger partial charge on any atom is 0.255 e. The van der Waals surface area contributed by atoms with Crippen LogP contribution in [0.3, 0.4) is 0 Å². The van der Waals surface area contributed by atoms with Gasteiger partial charge in [-0.05, 0) is 24.6 Å². The summed E-state index contributed by atoms with van der Waals surface area (Å²) in [4.78, 5) is 11.5. The molecule has 1 aliphatic rings. The molecule has 0 bridgehead atoms. The number of sulfone groups is 1. The van der Waals surface area contributed by atoms with Crippen LogP contribution in [0, 0.1) is 0 Å². The van der Waals surface area contributed by atoms with E-state index in [0.29, 0.717) is 24.5 Å². The molecule has 110 valence electrons. The van der Waals surface area contributed by atoms with Gasteiger partial charge in [0.25, 0.3) is 5.91 Å². The van der Waals surface area contributed by atoms with Crippen molar-refractivity contribution in [1.29, 1.82) is 0 Å². The number of alkyl halides is 1. The van der Waals surface area contributed by atoms with Crippen molar-refractivity contribution >= 4 is 31.7 Å². The summed E-state index contributed by atoms with van der Waals surface area (Å²) in [6.07, 6.45) is 1.20. The summed E-state index contributed by atoms with van der Waals surface area (Å²) in [6.45, 7) is 2.52. The van der Waals surface area contributed by atoms with Gasteiger partial charge >= 0.3 is 0 Å². The molecule has 0 saturated carbocycles. The summed E-state index contributed by atoms with van der Waals surface area (Å²) in [5, 5.41) is 2.14. The molecule has 2 unspecified atom stereocenters. The zero-order chi connectivity index (χ0) is 14.9. The second-order valence-corrected chi connectivity index (χ2v) is 8.19. The molecule has 0 aliphatic carbocycles. The highest BCUT2D eigenvalue weighted by Crippen LogP contribution is 2.33. The van der Waals surface area contributed by atoms with Gasteiger partial charge in [-0.1, -0.05) is 22.0 Å². The first kappa shape index (κ1) is 15.3. The summed E-state index contributed by atoms with van der Waals surface area (Å²) in [6, 6.07) is 5.16. The van der Waals surface area contributed by atoms with E-state index in [1.54, 1.807) is 25.1 Å². The van der Waals surface area contributed by atoms with Gasteiger partial charge in [-0.3, -0.25) is 4.79 Å². The van der Waals surface area contributed by atoms with E-state index in [4.69, 9.17) is 4.74 Å². The van der Waals surface area contributed by atoms with Crippen LogP contribution in [0.15, 0.2) is 18.2 Å². The summed E-state index contributed by atoms with van der Waals surface area (Å²) < 4.78 is 28.7. The van der Waals surface area contributed by atoms with Gasteiger partial charge in [-0.15, -0.1) is 0 Å². The molecule has 0 radical (unpaired) electrons. The average Bonchev–Trinajstić information content (AvgIpc) is 2.58. The summed E-state index contributed by atoms with van der Waals surface area (Å²) >= 11 is 3.40. The Balaban J connectivity index is 2.38. The first-order valence-electron chi connectivity index (χ1n) is 6.18. The lowest BCUT2D eigenvalue weighted by Gasteiger charge is -2.18. The number of fused-ring (bicyclic) bond motifs is 1. The number of halogens is 1. The number of amides is 1. The molecule has 1 aromatic carbocycles. The summed E-state index contributed by atoms with van der Waals surface area (Å²) in [5.41, 5.74) is 1.17. The van der Waals surface area contributed by atoms with E-state index in [1.807, 2.05) is 0 Å². The van der Waals surface area contributed by atoms with Crippen molar-refractivity contribution in [2.24, 2.45) is 0 Å². The molecule has 20 heavy (non-hydrogen) atoms. The second kappa shape index (κ2) is 5.73. The van der Waals surface area contributed by atoms with Gasteiger partial charge in [-0.2, -0.15) is 0 Å². The minimum Gasteiger partial charge on any atom is -0.491 e. The van der Waals surface area contributed by atoms with Crippen LogP contribution in [0.1, 0.15) is 27.7 Å². The highest BCUT2D eigenvalue weighted by Gasteiger charge is 2.27. The lowest BCUT2D eigenvalue weighted by molar-refractivity contribution is 0.0957. The molecule has 0 saturated heterocycles. The van der Waals surface area contributed by atoms with Crippen LogP contribution in [-0.4, -0.2) is 39.0 Å². The third kappa shape index (κ3) is 3.15. The number of rotatable bonds is 3. The largest absolute Gasteiger partial charge is 0.491 e. The van der Waals surface area contributed by atoms with Crippen LogP contribution in [0.5, 0.6) is 5.75 Å². The summed E-state index contributed by atoms with van der Waals surface area (Å²) in [7, 11) is -3.17. The van der Waals surface area contributed by atoms with E-state index in [9.17, 15) is 13.2 Å². The van der Waals surface area contributed by atoms with E-state index in [2.05, 4.69) is 21.2 Å². The fraction of sp³-hybridized carbons (Fsp3) is 0.462. The summed E-state index contributed by atoms with van der Waals surface area (Å²) in [5.74, 6) is 0.321. The Bertz CT molecular complexity index is 629. The van der Waals surface area contributed by atoms with Crippen molar-refractivity contribution in [3.63, 3.8) is 0 Å². The van der Waals surface area contributed by atoms with Gasteiger partial charge in [0.05, 0.1) is 22.2 Å². The van der Waals surface area contributed by atoms with Gasteiger partial charge < -0.3 is 10.1 Å². The van der Waals surface area contributed by atoms with Crippen LogP contribution in [0.25, 0.3) is 0 Å². The van der Waals surface area contributed by atoms with Gasteiger partial charge in [0, 0.05) is 6.26 Å². The topological polar surface area (TPSA) is 72.5 Å². The molecule has 1 aliphatic heterocycles.